The lowest BCUT2D eigenvalue weighted by molar-refractivity contribution is -0.186. The maximum atomic E-state index is 12.3. The third-order valence-corrected chi connectivity index (χ3v) is 3.59. The van der Waals surface area contributed by atoms with E-state index in [1.54, 1.807) is 23.1 Å². The first-order valence-electron chi connectivity index (χ1n) is 6.99. The zero-order valence-electron chi connectivity index (χ0n) is 11.8. The number of alkyl halides is 3. The molecular weight excluding hydrogens is 301 g/mol. The average Bonchev–Trinajstić information content (AvgIpc) is 2.99. The monoisotopic (exact) mass is 318 g/mol. The van der Waals surface area contributed by atoms with E-state index in [-0.39, 0.29) is 37.8 Å². The Labute approximate surface area is 125 Å². The van der Waals surface area contributed by atoms with Crippen LogP contribution in [0.5, 0.6) is 0 Å². The van der Waals surface area contributed by atoms with Gasteiger partial charge in [-0.15, -0.1) is 0 Å². The normalized spacial score (nSPS) is 16.6. The SMILES string of the molecule is O=C(NCCn1cccn1)C1CCN(C(=O)C(F)(F)F)CC1. The summed E-state index contributed by atoms with van der Waals surface area (Å²) in [6.07, 6.45) is -0.952. The second kappa shape index (κ2) is 6.80. The minimum atomic E-state index is -4.85. The second-order valence-corrected chi connectivity index (χ2v) is 5.12. The first kappa shape index (κ1) is 16.3. The lowest BCUT2D eigenvalue weighted by Gasteiger charge is -2.31. The number of nitrogens with one attached hydrogen (secondary N) is 1. The van der Waals surface area contributed by atoms with Crippen molar-refractivity contribution < 1.29 is 22.8 Å². The Morgan fingerprint density at radius 2 is 1.95 bits per heavy atom. The number of hydrogen-bond donors (Lipinski definition) is 1. The van der Waals surface area contributed by atoms with Crippen LogP contribution in [0.2, 0.25) is 0 Å². The summed E-state index contributed by atoms with van der Waals surface area (Å²) in [5.41, 5.74) is 0. The van der Waals surface area contributed by atoms with Crippen LogP contribution in [0.25, 0.3) is 0 Å². The average molecular weight is 318 g/mol. The van der Waals surface area contributed by atoms with E-state index in [0.29, 0.717) is 13.1 Å². The lowest BCUT2D eigenvalue weighted by atomic mass is 9.96. The van der Waals surface area contributed by atoms with Gasteiger partial charge in [0, 0.05) is 37.9 Å². The number of nitrogens with zero attached hydrogens (tertiary/aromatic N) is 3. The van der Waals surface area contributed by atoms with E-state index in [2.05, 4.69) is 10.4 Å². The van der Waals surface area contributed by atoms with Crippen molar-refractivity contribution in [2.45, 2.75) is 25.6 Å². The highest BCUT2D eigenvalue weighted by Gasteiger charge is 2.43. The number of halogens is 3. The minimum absolute atomic E-state index is 0.0460. The summed E-state index contributed by atoms with van der Waals surface area (Å²) in [5, 5.41) is 6.73. The molecule has 0 saturated carbocycles. The number of carbonyl (C=O) groups is 2. The van der Waals surface area contributed by atoms with Crippen molar-refractivity contribution in [2.75, 3.05) is 19.6 Å². The van der Waals surface area contributed by atoms with E-state index >= 15 is 0 Å². The van der Waals surface area contributed by atoms with Gasteiger partial charge >= 0.3 is 12.1 Å². The van der Waals surface area contributed by atoms with Gasteiger partial charge < -0.3 is 10.2 Å². The summed E-state index contributed by atoms with van der Waals surface area (Å²) in [6, 6.07) is 1.77. The lowest BCUT2D eigenvalue weighted by Crippen LogP contribution is -2.47. The van der Waals surface area contributed by atoms with E-state index in [9.17, 15) is 22.8 Å². The first-order chi connectivity index (χ1) is 10.4. The van der Waals surface area contributed by atoms with E-state index in [4.69, 9.17) is 0 Å². The van der Waals surface area contributed by atoms with Crippen LogP contribution in [0.1, 0.15) is 12.8 Å². The highest BCUT2D eigenvalue weighted by molar-refractivity contribution is 5.83. The van der Waals surface area contributed by atoms with Gasteiger partial charge in [-0.3, -0.25) is 14.3 Å². The maximum absolute atomic E-state index is 12.3. The fourth-order valence-electron chi connectivity index (χ4n) is 2.39. The molecule has 0 aliphatic carbocycles. The van der Waals surface area contributed by atoms with Gasteiger partial charge in [0.15, 0.2) is 0 Å². The Bertz CT molecular complexity index is 508. The molecule has 0 radical (unpaired) electrons. The maximum Gasteiger partial charge on any atom is 0.471 e. The molecule has 1 fully saturated rings. The Hall–Kier alpha value is -2.06. The summed E-state index contributed by atoms with van der Waals surface area (Å²) in [4.78, 5) is 23.8. The van der Waals surface area contributed by atoms with Gasteiger partial charge in [0.1, 0.15) is 0 Å². The Kier molecular flexibility index (Phi) is 5.04. The Morgan fingerprint density at radius 1 is 1.27 bits per heavy atom. The van der Waals surface area contributed by atoms with Gasteiger partial charge in [-0.25, -0.2) is 0 Å². The number of aromatic nitrogens is 2. The molecule has 1 aromatic rings. The number of amides is 2. The highest BCUT2D eigenvalue weighted by Crippen LogP contribution is 2.23. The number of piperidine rings is 1. The standard InChI is InChI=1S/C13H17F3N4O2/c14-13(15,16)12(22)19-7-2-10(3-8-19)11(21)17-5-9-20-6-1-4-18-20/h1,4,6,10H,2-3,5,7-9H2,(H,17,21). The van der Waals surface area contributed by atoms with Crippen molar-refractivity contribution in [1.29, 1.82) is 0 Å². The predicted octanol–water partition coefficient (Wildman–Crippen LogP) is 0.800. The van der Waals surface area contributed by atoms with Crippen LogP contribution in [0, 0.1) is 5.92 Å². The van der Waals surface area contributed by atoms with Crippen LogP contribution in [0.3, 0.4) is 0 Å². The van der Waals surface area contributed by atoms with E-state index < -0.39 is 12.1 Å². The number of likely N-dealkylation sites (tertiary alicyclic amines) is 1. The summed E-state index contributed by atoms with van der Waals surface area (Å²) >= 11 is 0. The largest absolute Gasteiger partial charge is 0.471 e. The molecule has 22 heavy (non-hydrogen) atoms. The zero-order valence-corrected chi connectivity index (χ0v) is 11.8. The van der Waals surface area contributed by atoms with Gasteiger partial charge in [-0.2, -0.15) is 18.3 Å². The van der Waals surface area contributed by atoms with Gasteiger partial charge in [0.05, 0.1) is 6.54 Å². The molecule has 6 nitrogen and oxygen atoms in total. The van der Waals surface area contributed by atoms with E-state index in [1.165, 1.54) is 0 Å². The number of rotatable bonds is 4. The fraction of sp³-hybridized carbons (Fsp3) is 0.615. The van der Waals surface area contributed by atoms with Crippen LogP contribution in [0.15, 0.2) is 18.5 Å². The molecular formula is C13H17F3N4O2. The smallest absolute Gasteiger partial charge is 0.354 e. The molecule has 1 N–H and O–H groups in total. The Balaban J connectivity index is 1.72. The number of hydrogen-bond acceptors (Lipinski definition) is 3. The van der Waals surface area contributed by atoms with Crippen molar-refractivity contribution in [3.05, 3.63) is 18.5 Å². The summed E-state index contributed by atoms with van der Waals surface area (Å²) in [5.74, 6) is -2.37. The molecule has 0 atom stereocenters. The van der Waals surface area contributed by atoms with Gasteiger partial charge in [-0.05, 0) is 18.9 Å². The molecule has 1 saturated heterocycles. The second-order valence-electron chi connectivity index (χ2n) is 5.12. The molecule has 1 aliphatic heterocycles. The number of carbonyl (C=O) groups excluding carboxylic acids is 2. The molecule has 0 unspecified atom stereocenters. The molecule has 2 rings (SSSR count). The van der Waals surface area contributed by atoms with E-state index in [1.807, 2.05) is 0 Å². The van der Waals surface area contributed by atoms with Crippen molar-refractivity contribution >= 4 is 11.8 Å². The first-order valence-corrected chi connectivity index (χ1v) is 6.99. The van der Waals surface area contributed by atoms with Gasteiger partial charge in [-0.1, -0.05) is 0 Å². The quantitative estimate of drug-likeness (QED) is 0.893. The van der Waals surface area contributed by atoms with Crippen LogP contribution >= 0.6 is 0 Å². The molecule has 1 aliphatic rings. The Morgan fingerprint density at radius 3 is 2.50 bits per heavy atom. The third-order valence-electron chi connectivity index (χ3n) is 3.59. The van der Waals surface area contributed by atoms with Gasteiger partial charge in [0.25, 0.3) is 0 Å². The molecule has 0 bridgehead atoms. The van der Waals surface area contributed by atoms with E-state index in [0.717, 1.165) is 4.90 Å². The van der Waals surface area contributed by atoms with Gasteiger partial charge in [0.2, 0.25) is 5.91 Å². The minimum Gasteiger partial charge on any atom is -0.354 e. The topological polar surface area (TPSA) is 67.2 Å². The van der Waals surface area contributed by atoms with Crippen molar-refractivity contribution in [3.8, 4) is 0 Å². The summed E-state index contributed by atoms with van der Waals surface area (Å²) in [6.45, 7) is 0.845. The van der Waals surface area contributed by atoms with Crippen molar-refractivity contribution in [2.24, 2.45) is 5.92 Å². The molecule has 0 spiro atoms. The molecule has 122 valence electrons. The summed E-state index contributed by atoms with van der Waals surface area (Å²) < 4.78 is 38.6. The van der Waals surface area contributed by atoms with Crippen LogP contribution in [0.4, 0.5) is 13.2 Å². The van der Waals surface area contributed by atoms with Crippen molar-refractivity contribution in [3.63, 3.8) is 0 Å². The van der Waals surface area contributed by atoms with Crippen LogP contribution in [-0.4, -0.2) is 52.3 Å². The molecule has 0 aromatic carbocycles. The predicted molar refractivity (Wildman–Crippen MR) is 70.6 cm³/mol. The third kappa shape index (κ3) is 4.22. The molecule has 9 heteroatoms. The molecule has 1 aromatic heterocycles. The molecule has 2 amide bonds. The highest BCUT2D eigenvalue weighted by atomic mass is 19.4. The molecule has 2 heterocycles. The van der Waals surface area contributed by atoms with Crippen LogP contribution in [-0.2, 0) is 16.1 Å². The zero-order chi connectivity index (χ0) is 16.2. The summed E-state index contributed by atoms with van der Waals surface area (Å²) in [7, 11) is 0. The van der Waals surface area contributed by atoms with Crippen molar-refractivity contribution in [1.82, 2.24) is 20.0 Å². The fourth-order valence-corrected chi connectivity index (χ4v) is 2.39. The van der Waals surface area contributed by atoms with Crippen LogP contribution < -0.4 is 5.32 Å².